The first kappa shape index (κ1) is 29.7. The molecule has 1 N–H and O–H groups in total. The van der Waals surface area contributed by atoms with Crippen LogP contribution in [0.25, 0.3) is 22.4 Å². The summed E-state index contributed by atoms with van der Waals surface area (Å²) in [6.07, 6.45) is 1.69. The van der Waals surface area contributed by atoms with E-state index < -0.39 is 35.1 Å². The minimum atomic E-state index is -1.22. The molecular formula is C33H25F4N5O3. The van der Waals surface area contributed by atoms with Crippen LogP contribution in [-0.4, -0.2) is 30.6 Å². The second kappa shape index (κ2) is 11.6. The van der Waals surface area contributed by atoms with Crippen LogP contribution in [0, 0.1) is 46.9 Å². The normalized spacial score (nSPS) is 13.5. The van der Waals surface area contributed by atoms with Crippen molar-refractivity contribution < 1.29 is 32.2 Å². The van der Waals surface area contributed by atoms with Gasteiger partial charge in [0, 0.05) is 35.9 Å². The van der Waals surface area contributed by atoms with Crippen LogP contribution in [0.3, 0.4) is 0 Å². The van der Waals surface area contributed by atoms with E-state index in [-0.39, 0.29) is 58.6 Å². The Morgan fingerprint density at radius 1 is 0.956 bits per heavy atom. The van der Waals surface area contributed by atoms with E-state index in [9.17, 15) is 23.9 Å². The number of pyridine rings is 2. The molecular weight excluding hydrogens is 590 g/mol. The van der Waals surface area contributed by atoms with Gasteiger partial charge in [-0.1, -0.05) is 12.1 Å². The minimum Gasteiger partial charge on any atom is -0.477 e. The van der Waals surface area contributed by atoms with E-state index in [1.807, 2.05) is 0 Å². The molecule has 45 heavy (non-hydrogen) atoms. The molecule has 0 atom stereocenters. The number of nitriles is 1. The van der Waals surface area contributed by atoms with Gasteiger partial charge in [-0.3, -0.25) is 0 Å². The van der Waals surface area contributed by atoms with Crippen molar-refractivity contribution >= 4 is 17.1 Å². The number of nitrogens with zero attached hydrogens (tertiary/aromatic N) is 5. The average Bonchev–Trinajstić information content (AvgIpc) is 3.68. The van der Waals surface area contributed by atoms with Crippen LogP contribution in [0.15, 0.2) is 54.6 Å². The lowest BCUT2D eigenvalue weighted by Gasteiger charge is -2.16. The van der Waals surface area contributed by atoms with Crippen LogP contribution < -0.4 is 4.74 Å². The first-order valence-corrected chi connectivity index (χ1v) is 14.0. The van der Waals surface area contributed by atoms with Crippen molar-refractivity contribution in [2.24, 2.45) is 5.41 Å². The summed E-state index contributed by atoms with van der Waals surface area (Å²) in [5.74, 6) is -4.39. The van der Waals surface area contributed by atoms with Crippen LogP contribution in [0.2, 0.25) is 0 Å². The molecule has 0 amide bonds. The van der Waals surface area contributed by atoms with Crippen molar-refractivity contribution in [1.29, 1.82) is 5.26 Å². The van der Waals surface area contributed by atoms with Crippen LogP contribution in [0.5, 0.6) is 5.88 Å². The Labute approximate surface area is 254 Å². The number of hydrogen-bond donors (Lipinski definition) is 1. The lowest BCUT2D eigenvalue weighted by molar-refractivity contribution is 0.0691. The number of fused-ring (bicyclic) bond motifs is 1. The van der Waals surface area contributed by atoms with Crippen molar-refractivity contribution in [2.75, 3.05) is 0 Å². The average molecular weight is 616 g/mol. The number of benzene rings is 2. The molecule has 228 valence electrons. The largest absolute Gasteiger partial charge is 0.477 e. The summed E-state index contributed by atoms with van der Waals surface area (Å²) in [6, 6.07) is 13.6. The number of ether oxygens (including phenoxy) is 1. The first-order chi connectivity index (χ1) is 21.6. The van der Waals surface area contributed by atoms with Gasteiger partial charge < -0.3 is 14.4 Å². The summed E-state index contributed by atoms with van der Waals surface area (Å²) in [5, 5.41) is 18.8. The predicted molar refractivity (Wildman–Crippen MR) is 154 cm³/mol. The standard InChI is InChI=1S/C33H25F4N5O3/c1-18-2-3-19(23(35)12-18)16-45-31-22(34)4-5-26(41-31)21-15-24(36)20(13-25(21)37)14-29-39-27-6-7-28(32(43)44)40-30(27)42(29)17-33(8-9-33)10-11-38/h2-7,12-13,15H,8-10,14,16-17H2,1H3,(H,43,44). The van der Waals surface area contributed by atoms with Gasteiger partial charge in [-0.25, -0.2) is 37.3 Å². The third kappa shape index (κ3) is 6.06. The molecule has 1 saturated carbocycles. The molecule has 1 aliphatic rings. The van der Waals surface area contributed by atoms with Crippen molar-refractivity contribution in [3.8, 4) is 23.2 Å². The Balaban J connectivity index is 1.30. The highest BCUT2D eigenvalue weighted by Crippen LogP contribution is 2.50. The van der Waals surface area contributed by atoms with Gasteiger partial charge >= 0.3 is 5.97 Å². The molecule has 5 aromatic rings. The second-order valence-electron chi connectivity index (χ2n) is 11.3. The number of halogens is 4. The van der Waals surface area contributed by atoms with Gasteiger partial charge in [0.25, 0.3) is 5.88 Å². The van der Waals surface area contributed by atoms with E-state index >= 15 is 8.78 Å². The van der Waals surface area contributed by atoms with E-state index in [2.05, 4.69) is 21.0 Å². The van der Waals surface area contributed by atoms with E-state index in [0.717, 1.165) is 31.0 Å². The van der Waals surface area contributed by atoms with Crippen molar-refractivity contribution in [3.63, 3.8) is 0 Å². The molecule has 12 heteroatoms. The monoisotopic (exact) mass is 615 g/mol. The molecule has 0 spiro atoms. The SMILES string of the molecule is Cc1ccc(COc2nc(-c3cc(F)c(Cc4nc5ccc(C(=O)O)nc5n4CC4(CC#N)CC4)cc3F)ccc2F)c(F)c1. The molecule has 6 rings (SSSR count). The fraction of sp³-hybridized carbons (Fsp3) is 0.242. The maximum atomic E-state index is 15.5. The summed E-state index contributed by atoms with van der Waals surface area (Å²) in [7, 11) is 0. The van der Waals surface area contributed by atoms with Crippen molar-refractivity contribution in [1.82, 2.24) is 19.5 Å². The summed E-state index contributed by atoms with van der Waals surface area (Å²) >= 11 is 0. The Hall–Kier alpha value is -5.31. The fourth-order valence-electron chi connectivity index (χ4n) is 5.22. The van der Waals surface area contributed by atoms with Gasteiger partial charge in [0.05, 0.1) is 11.8 Å². The zero-order chi connectivity index (χ0) is 31.9. The summed E-state index contributed by atoms with van der Waals surface area (Å²) in [6.45, 7) is 1.72. The van der Waals surface area contributed by atoms with Gasteiger partial charge in [0.2, 0.25) is 0 Å². The lowest BCUT2D eigenvalue weighted by atomic mass is 10.0. The fourth-order valence-corrected chi connectivity index (χ4v) is 5.22. The Morgan fingerprint density at radius 3 is 2.44 bits per heavy atom. The summed E-state index contributed by atoms with van der Waals surface area (Å²) < 4.78 is 66.8. The maximum Gasteiger partial charge on any atom is 0.354 e. The van der Waals surface area contributed by atoms with E-state index in [1.54, 1.807) is 17.6 Å². The lowest BCUT2D eigenvalue weighted by Crippen LogP contribution is -2.15. The molecule has 3 aromatic heterocycles. The highest BCUT2D eigenvalue weighted by molar-refractivity contribution is 5.88. The smallest absolute Gasteiger partial charge is 0.354 e. The van der Waals surface area contributed by atoms with Crippen LogP contribution >= 0.6 is 0 Å². The van der Waals surface area contributed by atoms with E-state index in [4.69, 9.17) is 4.74 Å². The number of carboxylic acids is 1. The number of carbonyl (C=O) groups is 1. The highest BCUT2D eigenvalue weighted by Gasteiger charge is 2.43. The summed E-state index contributed by atoms with van der Waals surface area (Å²) in [5.41, 5.74) is 0.647. The van der Waals surface area contributed by atoms with Gasteiger partial charge in [0.15, 0.2) is 17.2 Å². The molecule has 1 fully saturated rings. The minimum absolute atomic E-state index is 0.0372. The zero-order valence-corrected chi connectivity index (χ0v) is 24.0. The number of aryl methyl sites for hydroxylation is 1. The number of aromatic nitrogens is 4. The Bertz CT molecular complexity index is 2020. The van der Waals surface area contributed by atoms with Gasteiger partial charge in [-0.15, -0.1) is 0 Å². The Kier molecular flexibility index (Phi) is 7.70. The second-order valence-corrected chi connectivity index (χ2v) is 11.3. The quantitative estimate of drug-likeness (QED) is 0.170. The number of rotatable bonds is 10. The van der Waals surface area contributed by atoms with E-state index in [1.165, 1.54) is 30.3 Å². The van der Waals surface area contributed by atoms with Crippen LogP contribution in [0.4, 0.5) is 17.6 Å². The van der Waals surface area contributed by atoms with Gasteiger partial charge in [0.1, 0.15) is 35.4 Å². The maximum absolute atomic E-state index is 15.5. The molecule has 0 saturated heterocycles. The molecule has 3 heterocycles. The molecule has 0 bridgehead atoms. The summed E-state index contributed by atoms with van der Waals surface area (Å²) in [4.78, 5) is 24.4. The number of carboxylic acid groups (broad SMARTS) is 1. The van der Waals surface area contributed by atoms with Crippen molar-refractivity contribution in [3.05, 3.63) is 106 Å². The third-order valence-corrected chi connectivity index (χ3v) is 7.94. The Morgan fingerprint density at radius 2 is 1.73 bits per heavy atom. The third-order valence-electron chi connectivity index (χ3n) is 7.94. The number of aromatic carboxylic acids is 1. The molecule has 1 aliphatic carbocycles. The zero-order valence-electron chi connectivity index (χ0n) is 24.0. The molecule has 0 aliphatic heterocycles. The highest BCUT2D eigenvalue weighted by atomic mass is 19.1. The van der Waals surface area contributed by atoms with Gasteiger partial charge in [-0.05, 0) is 73.4 Å². The van der Waals surface area contributed by atoms with Crippen LogP contribution in [0.1, 0.15) is 52.3 Å². The first-order valence-electron chi connectivity index (χ1n) is 14.0. The van der Waals surface area contributed by atoms with Crippen molar-refractivity contribution in [2.45, 2.75) is 45.8 Å². The molecule has 8 nitrogen and oxygen atoms in total. The molecule has 2 aromatic carbocycles. The number of hydrogen-bond acceptors (Lipinski definition) is 6. The molecule has 0 radical (unpaired) electrons. The topological polar surface area (TPSA) is 114 Å². The number of imidazole rings is 1. The molecule has 0 unspecified atom stereocenters. The van der Waals surface area contributed by atoms with Crippen LogP contribution in [-0.2, 0) is 19.6 Å². The van der Waals surface area contributed by atoms with E-state index in [0.29, 0.717) is 23.4 Å². The van der Waals surface area contributed by atoms with Gasteiger partial charge in [-0.2, -0.15) is 5.26 Å². The predicted octanol–water partition coefficient (Wildman–Crippen LogP) is 6.92.